The predicted octanol–water partition coefficient (Wildman–Crippen LogP) is 4.46. The Balaban J connectivity index is 1.76. The predicted molar refractivity (Wildman–Crippen MR) is 85.3 cm³/mol. The molecule has 0 saturated carbocycles. The number of thioether (sulfide) groups is 1. The van der Waals surface area contributed by atoms with Crippen LogP contribution in [0.1, 0.15) is 5.56 Å². The first-order valence-corrected chi connectivity index (χ1v) is 7.96. The molecule has 2 nitrogen and oxygen atoms in total. The summed E-state index contributed by atoms with van der Waals surface area (Å²) in [5.74, 6) is 0.761. The molecule has 0 heterocycles. The van der Waals surface area contributed by atoms with Gasteiger partial charge in [-0.05, 0) is 35.9 Å². The van der Waals surface area contributed by atoms with Gasteiger partial charge in [-0.1, -0.05) is 34.1 Å². The SMILES string of the molecule is O=C(CSCc1ccc(F)cc1)Nc1cccc(Br)c1. The van der Waals surface area contributed by atoms with Crippen molar-refractivity contribution in [2.45, 2.75) is 5.75 Å². The van der Waals surface area contributed by atoms with E-state index < -0.39 is 0 Å². The van der Waals surface area contributed by atoms with E-state index in [-0.39, 0.29) is 11.7 Å². The summed E-state index contributed by atoms with van der Waals surface area (Å²) >= 11 is 4.85. The number of nitrogens with one attached hydrogen (secondary N) is 1. The van der Waals surface area contributed by atoms with Crippen LogP contribution in [0.4, 0.5) is 10.1 Å². The van der Waals surface area contributed by atoms with Crippen molar-refractivity contribution in [3.63, 3.8) is 0 Å². The molecule has 2 aromatic rings. The molecule has 1 amide bonds. The Morgan fingerprint density at radius 3 is 2.65 bits per heavy atom. The third-order valence-electron chi connectivity index (χ3n) is 2.52. The van der Waals surface area contributed by atoms with Crippen molar-refractivity contribution in [1.82, 2.24) is 0 Å². The molecule has 0 fully saturated rings. The molecule has 104 valence electrons. The summed E-state index contributed by atoms with van der Waals surface area (Å²) in [6.45, 7) is 0. The Labute approximate surface area is 129 Å². The molecule has 5 heteroatoms. The minimum absolute atomic E-state index is 0.0461. The highest BCUT2D eigenvalue weighted by Gasteiger charge is 2.03. The van der Waals surface area contributed by atoms with Crippen LogP contribution in [0.15, 0.2) is 53.0 Å². The van der Waals surface area contributed by atoms with Gasteiger partial charge < -0.3 is 5.32 Å². The molecule has 0 spiro atoms. The van der Waals surface area contributed by atoms with Gasteiger partial charge in [0.1, 0.15) is 5.82 Å². The van der Waals surface area contributed by atoms with Crippen LogP contribution in [0.25, 0.3) is 0 Å². The van der Waals surface area contributed by atoms with Gasteiger partial charge in [0.25, 0.3) is 0 Å². The first-order chi connectivity index (χ1) is 9.63. The summed E-state index contributed by atoms with van der Waals surface area (Å²) < 4.78 is 13.7. The number of halogens is 2. The van der Waals surface area contributed by atoms with Crippen LogP contribution in [-0.4, -0.2) is 11.7 Å². The number of hydrogen-bond acceptors (Lipinski definition) is 2. The zero-order valence-corrected chi connectivity index (χ0v) is 13.0. The fraction of sp³-hybridized carbons (Fsp3) is 0.133. The average Bonchev–Trinajstić information content (AvgIpc) is 2.41. The molecular formula is C15H13BrFNOS. The van der Waals surface area contributed by atoms with E-state index in [1.54, 1.807) is 12.1 Å². The van der Waals surface area contributed by atoms with Gasteiger partial charge in [-0.3, -0.25) is 4.79 Å². The lowest BCUT2D eigenvalue weighted by molar-refractivity contribution is -0.113. The van der Waals surface area contributed by atoms with Gasteiger partial charge in [0.2, 0.25) is 5.91 Å². The maximum Gasteiger partial charge on any atom is 0.234 e. The van der Waals surface area contributed by atoms with Crippen LogP contribution in [0.3, 0.4) is 0 Å². The highest BCUT2D eigenvalue weighted by Crippen LogP contribution is 2.17. The molecule has 0 aliphatic heterocycles. The van der Waals surface area contributed by atoms with Crippen molar-refractivity contribution in [2.75, 3.05) is 11.1 Å². The van der Waals surface area contributed by atoms with Crippen molar-refractivity contribution in [3.05, 3.63) is 64.4 Å². The fourth-order valence-electron chi connectivity index (χ4n) is 1.61. The third-order valence-corrected chi connectivity index (χ3v) is 4.02. The van der Waals surface area contributed by atoms with Gasteiger partial charge >= 0.3 is 0 Å². The van der Waals surface area contributed by atoms with Gasteiger partial charge in [0.15, 0.2) is 0 Å². The van der Waals surface area contributed by atoms with E-state index in [1.807, 2.05) is 24.3 Å². The second-order valence-corrected chi connectivity index (χ2v) is 6.08. The molecule has 2 aromatic carbocycles. The van der Waals surface area contributed by atoms with Crippen LogP contribution in [0.2, 0.25) is 0 Å². The highest BCUT2D eigenvalue weighted by atomic mass is 79.9. The molecule has 0 radical (unpaired) electrons. The van der Waals surface area contributed by atoms with Crippen molar-refractivity contribution < 1.29 is 9.18 Å². The molecule has 0 unspecified atom stereocenters. The van der Waals surface area contributed by atoms with E-state index in [4.69, 9.17) is 0 Å². The second-order valence-electron chi connectivity index (χ2n) is 4.18. The second kappa shape index (κ2) is 7.45. The maximum atomic E-state index is 12.7. The van der Waals surface area contributed by atoms with E-state index in [2.05, 4.69) is 21.2 Å². The van der Waals surface area contributed by atoms with Crippen molar-refractivity contribution in [2.24, 2.45) is 0 Å². The number of amides is 1. The summed E-state index contributed by atoms with van der Waals surface area (Å²) in [7, 11) is 0. The third kappa shape index (κ3) is 4.98. The number of carbonyl (C=O) groups excluding carboxylic acids is 1. The van der Waals surface area contributed by atoms with Crippen LogP contribution >= 0.6 is 27.7 Å². The van der Waals surface area contributed by atoms with E-state index in [9.17, 15) is 9.18 Å². The lowest BCUT2D eigenvalue weighted by Crippen LogP contribution is -2.14. The van der Waals surface area contributed by atoms with Gasteiger partial charge in [0.05, 0.1) is 5.75 Å². The number of carbonyl (C=O) groups is 1. The quantitative estimate of drug-likeness (QED) is 0.859. The molecule has 0 aliphatic carbocycles. The first-order valence-electron chi connectivity index (χ1n) is 6.01. The van der Waals surface area contributed by atoms with Gasteiger partial charge in [0, 0.05) is 15.9 Å². The van der Waals surface area contributed by atoms with Crippen LogP contribution in [-0.2, 0) is 10.5 Å². The van der Waals surface area contributed by atoms with Crippen LogP contribution < -0.4 is 5.32 Å². The largest absolute Gasteiger partial charge is 0.325 e. The van der Waals surface area contributed by atoms with Crippen molar-refractivity contribution in [1.29, 1.82) is 0 Å². The maximum absolute atomic E-state index is 12.7. The standard InChI is InChI=1S/C15H13BrFNOS/c16-12-2-1-3-14(8-12)18-15(19)10-20-9-11-4-6-13(17)7-5-11/h1-8H,9-10H2,(H,18,19). The van der Waals surface area contributed by atoms with E-state index in [0.717, 1.165) is 15.7 Å². The Morgan fingerprint density at radius 2 is 1.95 bits per heavy atom. The minimum atomic E-state index is -0.244. The highest BCUT2D eigenvalue weighted by molar-refractivity contribution is 9.10. The minimum Gasteiger partial charge on any atom is -0.325 e. The summed E-state index contributed by atoms with van der Waals surface area (Å²) in [5, 5.41) is 2.83. The molecule has 0 aromatic heterocycles. The first kappa shape index (κ1) is 15.1. The van der Waals surface area contributed by atoms with Crippen molar-refractivity contribution >= 4 is 39.3 Å². The Kier molecular flexibility index (Phi) is 5.61. The van der Waals surface area contributed by atoms with E-state index in [1.165, 1.54) is 23.9 Å². The van der Waals surface area contributed by atoms with Crippen molar-refractivity contribution in [3.8, 4) is 0 Å². The average molecular weight is 354 g/mol. The van der Waals surface area contributed by atoms with Gasteiger partial charge in [-0.25, -0.2) is 4.39 Å². The van der Waals surface area contributed by atoms with Gasteiger partial charge in [-0.2, -0.15) is 0 Å². The molecule has 0 aliphatic rings. The zero-order chi connectivity index (χ0) is 14.4. The number of anilines is 1. The Bertz CT molecular complexity index is 589. The summed E-state index contributed by atoms with van der Waals surface area (Å²) in [5.41, 5.74) is 1.78. The number of rotatable bonds is 5. The smallest absolute Gasteiger partial charge is 0.234 e. The monoisotopic (exact) mass is 353 g/mol. The number of hydrogen-bond donors (Lipinski definition) is 1. The molecule has 20 heavy (non-hydrogen) atoms. The van der Waals surface area contributed by atoms with Gasteiger partial charge in [-0.15, -0.1) is 11.8 Å². The molecule has 1 N–H and O–H groups in total. The molecule has 2 rings (SSSR count). The summed E-state index contributed by atoms with van der Waals surface area (Å²) in [6.07, 6.45) is 0. The topological polar surface area (TPSA) is 29.1 Å². The Hall–Kier alpha value is -1.33. The molecule has 0 bridgehead atoms. The zero-order valence-electron chi connectivity index (χ0n) is 10.6. The summed E-state index contributed by atoms with van der Waals surface area (Å²) in [6, 6.07) is 13.8. The van der Waals surface area contributed by atoms with Crippen LogP contribution in [0, 0.1) is 5.82 Å². The van der Waals surface area contributed by atoms with Crippen LogP contribution in [0.5, 0.6) is 0 Å². The lowest BCUT2D eigenvalue weighted by atomic mass is 10.2. The molecule has 0 saturated heterocycles. The van der Waals surface area contributed by atoms with E-state index in [0.29, 0.717) is 11.5 Å². The normalized spacial score (nSPS) is 10.3. The Morgan fingerprint density at radius 1 is 1.20 bits per heavy atom. The summed E-state index contributed by atoms with van der Waals surface area (Å²) in [4.78, 5) is 11.8. The number of benzene rings is 2. The fourth-order valence-corrected chi connectivity index (χ4v) is 2.79. The molecule has 0 atom stereocenters. The molecular weight excluding hydrogens is 341 g/mol. The van der Waals surface area contributed by atoms with E-state index >= 15 is 0 Å². The lowest BCUT2D eigenvalue weighted by Gasteiger charge is -2.05.